The van der Waals surface area contributed by atoms with Crippen LogP contribution in [0.2, 0.25) is 0 Å². The predicted octanol–water partition coefficient (Wildman–Crippen LogP) is 4.35. The van der Waals surface area contributed by atoms with Gasteiger partial charge in [0.2, 0.25) is 11.8 Å². The quantitative estimate of drug-likeness (QED) is 0.324. The largest absolute Gasteiger partial charge is 0.481 e. The summed E-state index contributed by atoms with van der Waals surface area (Å²) in [5, 5.41) is 3.59. The summed E-state index contributed by atoms with van der Waals surface area (Å²) in [4.78, 5) is 42.0. The predicted molar refractivity (Wildman–Crippen MR) is 148 cm³/mol. The van der Waals surface area contributed by atoms with Gasteiger partial charge in [0.15, 0.2) is 5.69 Å². The molecule has 0 atom stereocenters. The summed E-state index contributed by atoms with van der Waals surface area (Å²) >= 11 is 0. The number of carbonyl (C=O) groups is 2. The standard InChI is InChI=1S/C29H27N5O5/c1-5-34-22(17-9-11-18(12-10-17)24-16(2)39-33(3)29(24)37)14-20-15-23(38-4)32-25(26(20)34)28(36)31-21-8-6-7-19(13-21)27(30)35/h6-15H,5H2,1-4H3,(H2,30,35)(H,31,36). The lowest BCUT2D eigenvalue weighted by Crippen LogP contribution is -2.17. The van der Waals surface area contributed by atoms with Gasteiger partial charge in [-0.05, 0) is 49.2 Å². The van der Waals surface area contributed by atoms with Crippen LogP contribution >= 0.6 is 0 Å². The van der Waals surface area contributed by atoms with E-state index in [0.29, 0.717) is 35.0 Å². The molecule has 2 amide bonds. The van der Waals surface area contributed by atoms with E-state index in [1.54, 1.807) is 38.2 Å². The van der Waals surface area contributed by atoms with Crippen molar-refractivity contribution in [3.8, 4) is 28.3 Å². The van der Waals surface area contributed by atoms with Crippen molar-refractivity contribution in [3.63, 3.8) is 0 Å². The Labute approximate surface area is 223 Å². The number of primary amides is 1. The molecule has 0 aliphatic rings. The molecule has 5 rings (SSSR count). The lowest BCUT2D eigenvalue weighted by atomic mass is 10.0. The van der Waals surface area contributed by atoms with Gasteiger partial charge < -0.3 is 24.9 Å². The zero-order valence-electron chi connectivity index (χ0n) is 21.9. The summed E-state index contributed by atoms with van der Waals surface area (Å²) in [6, 6.07) is 17.8. The Balaban J connectivity index is 1.59. The Hall–Kier alpha value is -5.12. The Morgan fingerprint density at radius 3 is 2.41 bits per heavy atom. The van der Waals surface area contributed by atoms with Crippen LogP contribution in [0.25, 0.3) is 33.3 Å². The number of benzene rings is 2. The second kappa shape index (κ2) is 9.97. The highest BCUT2D eigenvalue weighted by molar-refractivity contribution is 6.12. The van der Waals surface area contributed by atoms with Gasteiger partial charge in [-0.2, -0.15) is 4.74 Å². The molecule has 198 valence electrons. The SMILES string of the molecule is CCn1c(-c2ccc(-c3c(C)on(C)c3=O)cc2)cc2cc(OC)nc(C(=O)Nc3cccc(C(N)=O)c3)c21. The van der Waals surface area contributed by atoms with Crippen LogP contribution < -0.4 is 21.3 Å². The van der Waals surface area contributed by atoms with Gasteiger partial charge in [0, 0.05) is 42.0 Å². The third-order valence-corrected chi connectivity index (χ3v) is 6.59. The topological polar surface area (TPSA) is 134 Å². The summed E-state index contributed by atoms with van der Waals surface area (Å²) in [6.45, 7) is 4.31. The smallest absolute Gasteiger partial charge is 0.290 e. The van der Waals surface area contributed by atoms with Gasteiger partial charge in [0.25, 0.3) is 11.5 Å². The lowest BCUT2D eigenvalue weighted by molar-refractivity contribution is 0.0995. The van der Waals surface area contributed by atoms with Gasteiger partial charge in [-0.1, -0.05) is 30.3 Å². The number of fused-ring (bicyclic) bond motifs is 1. The number of pyridine rings is 1. The molecule has 0 aliphatic carbocycles. The van der Waals surface area contributed by atoms with E-state index in [1.807, 2.05) is 41.8 Å². The van der Waals surface area contributed by atoms with Gasteiger partial charge in [-0.15, -0.1) is 0 Å². The van der Waals surface area contributed by atoms with Gasteiger partial charge >= 0.3 is 0 Å². The third kappa shape index (κ3) is 4.56. The van der Waals surface area contributed by atoms with Crippen molar-refractivity contribution < 1.29 is 18.8 Å². The van der Waals surface area contributed by atoms with Crippen LogP contribution in [-0.2, 0) is 13.6 Å². The summed E-state index contributed by atoms with van der Waals surface area (Å²) in [5.74, 6) is -0.207. The molecule has 0 saturated carbocycles. The van der Waals surface area contributed by atoms with E-state index in [9.17, 15) is 14.4 Å². The van der Waals surface area contributed by atoms with Gasteiger partial charge in [0.05, 0.1) is 18.2 Å². The summed E-state index contributed by atoms with van der Waals surface area (Å²) in [6.07, 6.45) is 0. The maximum absolute atomic E-state index is 13.5. The van der Waals surface area contributed by atoms with E-state index in [2.05, 4.69) is 10.3 Å². The number of ether oxygens (including phenoxy) is 1. The van der Waals surface area contributed by atoms with Crippen molar-refractivity contribution in [1.29, 1.82) is 0 Å². The van der Waals surface area contributed by atoms with Crippen LogP contribution in [-0.4, -0.2) is 33.2 Å². The fraction of sp³-hybridized carbons (Fsp3) is 0.172. The molecule has 3 aromatic heterocycles. The average molecular weight is 526 g/mol. The summed E-state index contributed by atoms with van der Waals surface area (Å²) < 4.78 is 14.0. The normalized spacial score (nSPS) is 11.1. The lowest BCUT2D eigenvalue weighted by Gasteiger charge is -2.13. The average Bonchev–Trinajstić information content (AvgIpc) is 3.43. The summed E-state index contributed by atoms with van der Waals surface area (Å²) in [5.41, 5.74) is 9.75. The highest BCUT2D eigenvalue weighted by Gasteiger charge is 2.22. The van der Waals surface area contributed by atoms with Gasteiger partial charge in [-0.25, -0.2) is 4.98 Å². The van der Waals surface area contributed by atoms with Crippen LogP contribution in [0.15, 0.2) is 70.0 Å². The monoisotopic (exact) mass is 525 g/mol. The molecular formula is C29H27N5O5. The van der Waals surface area contributed by atoms with Crippen LogP contribution in [0.1, 0.15) is 33.5 Å². The minimum Gasteiger partial charge on any atom is -0.481 e. The number of aryl methyl sites for hydroxylation is 3. The number of amides is 2. The van der Waals surface area contributed by atoms with E-state index in [-0.39, 0.29) is 16.8 Å². The van der Waals surface area contributed by atoms with Crippen molar-refractivity contribution in [3.05, 3.63) is 88.0 Å². The molecule has 0 spiro atoms. The Bertz CT molecular complexity index is 1790. The maximum atomic E-state index is 13.5. The van der Waals surface area contributed by atoms with Crippen molar-refractivity contribution in [2.24, 2.45) is 12.8 Å². The second-order valence-corrected chi connectivity index (χ2v) is 9.03. The molecule has 3 heterocycles. The van der Waals surface area contributed by atoms with Crippen molar-refractivity contribution >= 4 is 28.4 Å². The van der Waals surface area contributed by atoms with E-state index in [0.717, 1.165) is 22.2 Å². The zero-order chi connectivity index (χ0) is 27.8. The number of nitrogens with zero attached hydrogens (tertiary/aromatic N) is 3. The number of carbonyl (C=O) groups excluding carboxylic acids is 2. The van der Waals surface area contributed by atoms with Gasteiger partial charge in [0.1, 0.15) is 5.76 Å². The highest BCUT2D eigenvalue weighted by Crippen LogP contribution is 2.33. The number of hydrogen-bond acceptors (Lipinski definition) is 6. The number of anilines is 1. The molecule has 3 N–H and O–H groups in total. The molecule has 0 fully saturated rings. The molecule has 10 nitrogen and oxygen atoms in total. The molecule has 0 bridgehead atoms. The molecule has 0 aliphatic heterocycles. The maximum Gasteiger partial charge on any atom is 0.290 e. The van der Waals surface area contributed by atoms with E-state index in [4.69, 9.17) is 15.0 Å². The van der Waals surface area contributed by atoms with Crippen LogP contribution in [0, 0.1) is 6.92 Å². The molecule has 2 aromatic carbocycles. The molecule has 10 heteroatoms. The molecule has 0 saturated heterocycles. The molecule has 5 aromatic rings. The van der Waals surface area contributed by atoms with Crippen molar-refractivity contribution in [2.45, 2.75) is 20.4 Å². The Morgan fingerprint density at radius 2 is 1.79 bits per heavy atom. The number of nitrogens with one attached hydrogen (secondary N) is 1. The molecular weight excluding hydrogens is 498 g/mol. The van der Waals surface area contributed by atoms with E-state index < -0.39 is 11.8 Å². The second-order valence-electron chi connectivity index (χ2n) is 9.03. The molecule has 39 heavy (non-hydrogen) atoms. The first kappa shape index (κ1) is 25.5. The first-order chi connectivity index (χ1) is 18.7. The zero-order valence-corrected chi connectivity index (χ0v) is 21.9. The number of methoxy groups -OCH3 is 1. The number of aromatic nitrogens is 3. The first-order valence-electron chi connectivity index (χ1n) is 12.3. The molecule has 0 radical (unpaired) electrons. The fourth-order valence-corrected chi connectivity index (χ4v) is 4.78. The minimum absolute atomic E-state index is 0.177. The Kier molecular flexibility index (Phi) is 6.53. The third-order valence-electron chi connectivity index (χ3n) is 6.59. The van der Waals surface area contributed by atoms with Crippen LogP contribution in [0.3, 0.4) is 0 Å². The number of hydrogen-bond donors (Lipinski definition) is 2. The van der Waals surface area contributed by atoms with Crippen LogP contribution in [0.4, 0.5) is 5.69 Å². The number of rotatable bonds is 7. The highest BCUT2D eigenvalue weighted by atomic mass is 16.5. The first-order valence-corrected chi connectivity index (χ1v) is 12.3. The van der Waals surface area contributed by atoms with Crippen LogP contribution in [0.5, 0.6) is 5.88 Å². The number of nitrogens with two attached hydrogens (primary N) is 1. The van der Waals surface area contributed by atoms with Crippen molar-refractivity contribution in [2.75, 3.05) is 12.4 Å². The minimum atomic E-state index is -0.591. The molecule has 0 unspecified atom stereocenters. The van der Waals surface area contributed by atoms with E-state index >= 15 is 0 Å². The summed E-state index contributed by atoms with van der Waals surface area (Å²) in [7, 11) is 3.07. The van der Waals surface area contributed by atoms with Gasteiger partial charge in [-0.3, -0.25) is 14.4 Å². The van der Waals surface area contributed by atoms with E-state index in [1.165, 1.54) is 17.9 Å². The Morgan fingerprint density at radius 1 is 1.08 bits per heavy atom. The fourth-order valence-electron chi connectivity index (χ4n) is 4.78. The van der Waals surface area contributed by atoms with Crippen molar-refractivity contribution in [1.82, 2.24) is 14.3 Å².